The number of rotatable bonds is 4. The van der Waals surface area contributed by atoms with E-state index in [2.05, 4.69) is 15.2 Å². The van der Waals surface area contributed by atoms with Crippen LogP contribution in [-0.4, -0.2) is 20.0 Å². The molecule has 0 saturated carbocycles. The second-order valence-corrected chi connectivity index (χ2v) is 5.63. The van der Waals surface area contributed by atoms with Gasteiger partial charge in [0.15, 0.2) is 0 Å². The quantitative estimate of drug-likeness (QED) is 0.798. The molecule has 2 heterocycles. The van der Waals surface area contributed by atoms with Gasteiger partial charge in [0.2, 0.25) is 0 Å². The molecule has 0 spiro atoms. The molecule has 2 aromatic heterocycles. The molecule has 1 atom stereocenters. The van der Waals surface area contributed by atoms with Crippen LogP contribution >= 0.6 is 11.3 Å². The predicted molar refractivity (Wildman–Crippen MR) is 78.8 cm³/mol. The SMILES string of the molecule is Cc1nc(CC(N)c2cnn(-c3ccccc3)n2)cs1. The molecule has 0 bridgehead atoms. The zero-order valence-electron chi connectivity index (χ0n) is 11.1. The molecule has 0 aliphatic heterocycles. The Morgan fingerprint density at radius 2 is 2.10 bits per heavy atom. The molecule has 20 heavy (non-hydrogen) atoms. The van der Waals surface area contributed by atoms with E-state index in [0.717, 1.165) is 22.1 Å². The Morgan fingerprint density at radius 3 is 2.80 bits per heavy atom. The summed E-state index contributed by atoms with van der Waals surface area (Å²) in [6.45, 7) is 1.99. The number of hydrogen-bond donors (Lipinski definition) is 1. The highest BCUT2D eigenvalue weighted by Gasteiger charge is 2.13. The molecule has 5 nitrogen and oxygen atoms in total. The van der Waals surface area contributed by atoms with Crippen molar-refractivity contribution < 1.29 is 0 Å². The molecule has 3 rings (SSSR count). The number of aryl methyl sites for hydroxylation is 1. The van der Waals surface area contributed by atoms with Gasteiger partial charge in [-0.25, -0.2) is 4.98 Å². The molecule has 0 aliphatic carbocycles. The standard InChI is InChI=1S/C14H15N5S/c1-10-17-11(9-20-10)7-13(15)14-8-16-19(18-14)12-5-3-2-4-6-12/h2-6,8-9,13H,7,15H2,1H3. The summed E-state index contributed by atoms with van der Waals surface area (Å²) in [7, 11) is 0. The number of aromatic nitrogens is 4. The van der Waals surface area contributed by atoms with Gasteiger partial charge >= 0.3 is 0 Å². The predicted octanol–water partition coefficient (Wildman–Crippen LogP) is 2.27. The maximum Gasteiger partial charge on any atom is 0.100 e. The maximum atomic E-state index is 6.18. The number of para-hydroxylation sites is 1. The third kappa shape index (κ3) is 2.76. The van der Waals surface area contributed by atoms with Gasteiger partial charge in [-0.2, -0.15) is 15.0 Å². The first-order valence-corrected chi connectivity index (χ1v) is 7.24. The van der Waals surface area contributed by atoms with Gasteiger partial charge in [-0.3, -0.25) is 0 Å². The number of benzene rings is 1. The summed E-state index contributed by atoms with van der Waals surface area (Å²) in [5, 5.41) is 11.8. The van der Waals surface area contributed by atoms with Crippen LogP contribution < -0.4 is 5.73 Å². The van der Waals surface area contributed by atoms with Crippen molar-refractivity contribution in [1.29, 1.82) is 0 Å². The Labute approximate surface area is 121 Å². The van der Waals surface area contributed by atoms with E-state index in [-0.39, 0.29) is 6.04 Å². The van der Waals surface area contributed by atoms with Crippen LogP contribution in [-0.2, 0) is 6.42 Å². The summed E-state index contributed by atoms with van der Waals surface area (Å²) in [5.41, 5.74) is 8.89. The average Bonchev–Trinajstić information content (AvgIpc) is 3.09. The molecule has 3 aromatic rings. The fraction of sp³-hybridized carbons (Fsp3) is 0.214. The van der Waals surface area contributed by atoms with Crippen molar-refractivity contribution in [2.45, 2.75) is 19.4 Å². The average molecular weight is 285 g/mol. The maximum absolute atomic E-state index is 6.18. The van der Waals surface area contributed by atoms with E-state index >= 15 is 0 Å². The van der Waals surface area contributed by atoms with Crippen LogP contribution in [0.15, 0.2) is 41.9 Å². The number of hydrogen-bond acceptors (Lipinski definition) is 5. The normalized spacial score (nSPS) is 12.5. The minimum atomic E-state index is -0.186. The second-order valence-electron chi connectivity index (χ2n) is 4.56. The van der Waals surface area contributed by atoms with Gasteiger partial charge in [-0.15, -0.1) is 11.3 Å². The molecule has 1 unspecified atom stereocenters. The molecule has 0 amide bonds. The van der Waals surface area contributed by atoms with Crippen LogP contribution in [0.25, 0.3) is 5.69 Å². The zero-order chi connectivity index (χ0) is 13.9. The van der Waals surface area contributed by atoms with E-state index in [1.165, 1.54) is 0 Å². The van der Waals surface area contributed by atoms with Crippen molar-refractivity contribution in [2.75, 3.05) is 0 Å². The smallest absolute Gasteiger partial charge is 0.100 e. The molecular formula is C14H15N5S. The molecule has 0 radical (unpaired) electrons. The number of nitrogens with two attached hydrogens (primary N) is 1. The molecule has 0 saturated heterocycles. The van der Waals surface area contributed by atoms with Crippen molar-refractivity contribution in [1.82, 2.24) is 20.0 Å². The summed E-state index contributed by atoms with van der Waals surface area (Å²) in [4.78, 5) is 6.02. The lowest BCUT2D eigenvalue weighted by Gasteiger charge is -2.05. The third-order valence-corrected chi connectivity index (χ3v) is 3.79. The molecule has 6 heteroatoms. The van der Waals surface area contributed by atoms with Gasteiger partial charge in [0, 0.05) is 11.8 Å². The number of nitrogens with zero attached hydrogens (tertiary/aromatic N) is 4. The first-order chi connectivity index (χ1) is 9.72. The van der Waals surface area contributed by atoms with Crippen molar-refractivity contribution in [2.24, 2.45) is 5.73 Å². The summed E-state index contributed by atoms with van der Waals surface area (Å²) >= 11 is 1.64. The van der Waals surface area contributed by atoms with Crippen LogP contribution in [0.2, 0.25) is 0 Å². The van der Waals surface area contributed by atoms with Crippen molar-refractivity contribution in [3.8, 4) is 5.69 Å². The highest BCUT2D eigenvalue weighted by atomic mass is 32.1. The molecule has 102 valence electrons. The summed E-state index contributed by atoms with van der Waals surface area (Å²) in [6.07, 6.45) is 2.40. The van der Waals surface area contributed by atoms with Crippen LogP contribution in [0.5, 0.6) is 0 Å². The molecule has 0 aliphatic rings. The summed E-state index contributed by atoms with van der Waals surface area (Å²) in [6, 6.07) is 9.60. The Bertz CT molecular complexity index is 688. The van der Waals surface area contributed by atoms with E-state index in [4.69, 9.17) is 5.73 Å². The molecular weight excluding hydrogens is 270 g/mol. The Balaban J connectivity index is 1.76. The van der Waals surface area contributed by atoms with E-state index in [0.29, 0.717) is 6.42 Å². The highest BCUT2D eigenvalue weighted by Crippen LogP contribution is 2.16. The van der Waals surface area contributed by atoms with Crippen LogP contribution in [0.4, 0.5) is 0 Å². The van der Waals surface area contributed by atoms with E-state index in [1.807, 2.05) is 42.6 Å². The lowest BCUT2D eigenvalue weighted by Crippen LogP contribution is -2.14. The lowest BCUT2D eigenvalue weighted by molar-refractivity contribution is 0.659. The van der Waals surface area contributed by atoms with E-state index in [9.17, 15) is 0 Å². The van der Waals surface area contributed by atoms with Crippen molar-refractivity contribution in [3.05, 3.63) is 58.3 Å². The van der Waals surface area contributed by atoms with Gasteiger partial charge in [0.25, 0.3) is 0 Å². The van der Waals surface area contributed by atoms with Crippen LogP contribution in [0.3, 0.4) is 0 Å². The fourth-order valence-electron chi connectivity index (χ4n) is 1.96. The van der Waals surface area contributed by atoms with E-state index in [1.54, 1.807) is 22.3 Å². The Hall–Kier alpha value is -2.05. The van der Waals surface area contributed by atoms with Crippen molar-refractivity contribution >= 4 is 11.3 Å². The summed E-state index contributed by atoms with van der Waals surface area (Å²) < 4.78 is 0. The topological polar surface area (TPSA) is 69.6 Å². The van der Waals surface area contributed by atoms with E-state index < -0.39 is 0 Å². The first kappa shape index (κ1) is 13.0. The monoisotopic (exact) mass is 285 g/mol. The molecule has 2 N–H and O–H groups in total. The third-order valence-electron chi connectivity index (χ3n) is 2.97. The van der Waals surface area contributed by atoms with Gasteiger partial charge in [0.1, 0.15) is 5.69 Å². The minimum absolute atomic E-state index is 0.186. The Morgan fingerprint density at radius 1 is 1.30 bits per heavy atom. The minimum Gasteiger partial charge on any atom is -0.322 e. The Kier molecular flexibility index (Phi) is 3.58. The summed E-state index contributed by atoms with van der Waals surface area (Å²) in [5.74, 6) is 0. The van der Waals surface area contributed by atoms with Crippen LogP contribution in [0, 0.1) is 6.92 Å². The largest absolute Gasteiger partial charge is 0.322 e. The number of thiazole rings is 1. The van der Waals surface area contributed by atoms with Gasteiger partial charge in [0.05, 0.1) is 28.6 Å². The van der Waals surface area contributed by atoms with Crippen LogP contribution in [0.1, 0.15) is 22.4 Å². The second kappa shape index (κ2) is 5.52. The van der Waals surface area contributed by atoms with Gasteiger partial charge < -0.3 is 5.73 Å². The molecule has 0 fully saturated rings. The first-order valence-electron chi connectivity index (χ1n) is 6.36. The lowest BCUT2D eigenvalue weighted by atomic mass is 10.1. The fourth-order valence-corrected chi connectivity index (χ4v) is 2.59. The van der Waals surface area contributed by atoms with Crippen molar-refractivity contribution in [3.63, 3.8) is 0 Å². The van der Waals surface area contributed by atoms with Gasteiger partial charge in [-0.1, -0.05) is 18.2 Å². The highest BCUT2D eigenvalue weighted by molar-refractivity contribution is 7.09. The van der Waals surface area contributed by atoms with Gasteiger partial charge in [-0.05, 0) is 19.1 Å². The molecule has 1 aromatic carbocycles. The zero-order valence-corrected chi connectivity index (χ0v) is 11.9.